The predicted octanol–water partition coefficient (Wildman–Crippen LogP) is 1.48. The van der Waals surface area contributed by atoms with E-state index in [-0.39, 0.29) is 18.3 Å². The van der Waals surface area contributed by atoms with Gasteiger partial charge in [0.1, 0.15) is 5.82 Å². The van der Waals surface area contributed by atoms with Gasteiger partial charge in [0.05, 0.1) is 4.99 Å². The van der Waals surface area contributed by atoms with Gasteiger partial charge in [0, 0.05) is 26.1 Å². The lowest BCUT2D eigenvalue weighted by molar-refractivity contribution is -0.132. The Labute approximate surface area is 115 Å². The molecule has 2 N–H and O–H groups in total. The Balaban J connectivity index is 2.47. The molecule has 19 heavy (non-hydrogen) atoms. The maximum atomic E-state index is 13.2. The highest BCUT2D eigenvalue weighted by atomic mass is 32.1. The van der Waals surface area contributed by atoms with Crippen LogP contribution in [0.25, 0.3) is 0 Å². The summed E-state index contributed by atoms with van der Waals surface area (Å²) in [6.45, 7) is 0.0276. The Morgan fingerprint density at radius 3 is 2.74 bits per heavy atom. The highest BCUT2D eigenvalue weighted by Crippen LogP contribution is 2.17. The number of carbonyl (C=O) groups excluding carboxylic acids is 1. The highest BCUT2D eigenvalue weighted by molar-refractivity contribution is 7.80. The standard InChI is InChI=1S/C12H14F2N2O2S/c1-16(5-4-11(15)19)12(17)7-18-10-3-2-8(13)6-9(10)14/h2-3,6H,4-5,7H2,1H3,(H2,15,19). The molecule has 0 radical (unpaired) electrons. The van der Waals surface area contributed by atoms with Gasteiger partial charge in [-0.2, -0.15) is 0 Å². The van der Waals surface area contributed by atoms with Crippen molar-refractivity contribution in [2.75, 3.05) is 20.2 Å². The predicted molar refractivity (Wildman–Crippen MR) is 70.9 cm³/mol. The van der Waals surface area contributed by atoms with Crippen LogP contribution in [0, 0.1) is 11.6 Å². The molecule has 0 fully saturated rings. The van der Waals surface area contributed by atoms with Crippen molar-refractivity contribution in [1.29, 1.82) is 0 Å². The van der Waals surface area contributed by atoms with E-state index < -0.39 is 11.6 Å². The molecule has 0 heterocycles. The SMILES string of the molecule is CN(CCC(N)=S)C(=O)COc1ccc(F)cc1F. The molecule has 1 rings (SSSR count). The summed E-state index contributed by atoms with van der Waals surface area (Å²) in [6, 6.07) is 2.88. The van der Waals surface area contributed by atoms with Gasteiger partial charge < -0.3 is 15.4 Å². The average Bonchev–Trinajstić information content (AvgIpc) is 2.34. The lowest BCUT2D eigenvalue weighted by Crippen LogP contribution is -2.33. The molecular weight excluding hydrogens is 274 g/mol. The number of benzene rings is 1. The minimum absolute atomic E-state index is 0.169. The third kappa shape index (κ3) is 5.17. The minimum Gasteiger partial charge on any atom is -0.481 e. The number of halogens is 2. The van der Waals surface area contributed by atoms with Crippen LogP contribution in [-0.2, 0) is 4.79 Å². The van der Waals surface area contributed by atoms with Crippen molar-refractivity contribution in [1.82, 2.24) is 4.90 Å². The number of ether oxygens (including phenoxy) is 1. The van der Waals surface area contributed by atoms with Gasteiger partial charge in [-0.05, 0) is 12.1 Å². The Hall–Kier alpha value is -1.76. The molecule has 0 saturated carbocycles. The zero-order valence-electron chi connectivity index (χ0n) is 10.4. The van der Waals surface area contributed by atoms with Gasteiger partial charge in [0.2, 0.25) is 0 Å². The molecule has 7 heteroatoms. The number of hydrogen-bond donors (Lipinski definition) is 1. The second-order valence-electron chi connectivity index (χ2n) is 3.90. The molecule has 1 amide bonds. The Bertz CT molecular complexity index is 483. The summed E-state index contributed by atoms with van der Waals surface area (Å²) in [7, 11) is 1.56. The van der Waals surface area contributed by atoms with E-state index in [9.17, 15) is 13.6 Å². The fraction of sp³-hybridized carbons (Fsp3) is 0.333. The lowest BCUT2D eigenvalue weighted by atomic mass is 10.3. The van der Waals surface area contributed by atoms with Crippen LogP contribution in [0.3, 0.4) is 0 Å². The smallest absolute Gasteiger partial charge is 0.260 e. The Morgan fingerprint density at radius 2 is 2.16 bits per heavy atom. The number of carbonyl (C=O) groups is 1. The quantitative estimate of drug-likeness (QED) is 0.806. The number of rotatable bonds is 6. The number of hydrogen-bond acceptors (Lipinski definition) is 3. The normalized spacial score (nSPS) is 10.1. The van der Waals surface area contributed by atoms with E-state index in [1.165, 1.54) is 4.90 Å². The molecule has 0 spiro atoms. The van der Waals surface area contributed by atoms with Gasteiger partial charge >= 0.3 is 0 Å². The van der Waals surface area contributed by atoms with E-state index in [1.54, 1.807) is 7.05 Å². The average molecular weight is 288 g/mol. The topological polar surface area (TPSA) is 55.6 Å². The number of nitrogens with zero attached hydrogens (tertiary/aromatic N) is 1. The van der Waals surface area contributed by atoms with Crippen molar-refractivity contribution in [2.24, 2.45) is 5.73 Å². The third-order valence-electron chi connectivity index (χ3n) is 2.36. The summed E-state index contributed by atoms with van der Waals surface area (Å²) in [4.78, 5) is 13.3. The van der Waals surface area contributed by atoms with Crippen LogP contribution in [0.5, 0.6) is 5.75 Å². The highest BCUT2D eigenvalue weighted by Gasteiger charge is 2.11. The molecule has 0 atom stereocenters. The zero-order chi connectivity index (χ0) is 14.4. The van der Waals surface area contributed by atoms with Crippen molar-refractivity contribution in [3.63, 3.8) is 0 Å². The van der Waals surface area contributed by atoms with Crippen molar-refractivity contribution in [2.45, 2.75) is 6.42 Å². The fourth-order valence-electron chi connectivity index (χ4n) is 1.24. The summed E-state index contributed by atoms with van der Waals surface area (Å²) >= 11 is 4.69. The number of thiocarbonyl (C=S) groups is 1. The second-order valence-corrected chi connectivity index (χ2v) is 4.42. The van der Waals surface area contributed by atoms with E-state index in [1.807, 2.05) is 0 Å². The maximum Gasteiger partial charge on any atom is 0.260 e. The van der Waals surface area contributed by atoms with Gasteiger partial charge in [-0.15, -0.1) is 0 Å². The molecule has 0 aromatic heterocycles. The van der Waals surface area contributed by atoms with Crippen molar-refractivity contribution < 1.29 is 18.3 Å². The van der Waals surface area contributed by atoms with Crippen LogP contribution in [0.1, 0.15) is 6.42 Å². The number of nitrogens with two attached hydrogens (primary N) is 1. The Kier molecular flexibility index (Phi) is 5.62. The second kappa shape index (κ2) is 6.98. The van der Waals surface area contributed by atoms with Crippen LogP contribution < -0.4 is 10.5 Å². The van der Waals surface area contributed by atoms with Gasteiger partial charge in [-0.3, -0.25) is 4.79 Å². The van der Waals surface area contributed by atoms with Crippen LogP contribution >= 0.6 is 12.2 Å². The van der Waals surface area contributed by atoms with E-state index in [2.05, 4.69) is 0 Å². The van der Waals surface area contributed by atoms with Crippen LogP contribution in [-0.4, -0.2) is 36.0 Å². The molecule has 0 saturated heterocycles. The molecule has 1 aromatic carbocycles. The van der Waals surface area contributed by atoms with Crippen molar-refractivity contribution in [3.8, 4) is 5.75 Å². The van der Waals surface area contributed by atoms with E-state index >= 15 is 0 Å². The third-order valence-corrected chi connectivity index (χ3v) is 2.57. The van der Waals surface area contributed by atoms with Crippen molar-refractivity contribution >= 4 is 23.1 Å². The number of likely N-dealkylation sites (N-methyl/N-ethyl adjacent to an activating group) is 1. The van der Waals surface area contributed by atoms with Gasteiger partial charge in [-0.25, -0.2) is 8.78 Å². The monoisotopic (exact) mass is 288 g/mol. The first kappa shape index (κ1) is 15.3. The zero-order valence-corrected chi connectivity index (χ0v) is 11.2. The van der Waals surface area contributed by atoms with Crippen LogP contribution in [0.2, 0.25) is 0 Å². The molecule has 0 unspecified atom stereocenters. The van der Waals surface area contributed by atoms with Gasteiger partial charge in [0.25, 0.3) is 5.91 Å². The van der Waals surface area contributed by atoms with Crippen molar-refractivity contribution in [3.05, 3.63) is 29.8 Å². The summed E-state index contributed by atoms with van der Waals surface area (Å²) in [5.41, 5.74) is 5.32. The molecule has 104 valence electrons. The molecule has 4 nitrogen and oxygen atoms in total. The Morgan fingerprint density at radius 1 is 1.47 bits per heavy atom. The maximum absolute atomic E-state index is 13.2. The van der Waals surface area contributed by atoms with Crippen LogP contribution in [0.4, 0.5) is 8.78 Å². The first-order chi connectivity index (χ1) is 8.90. The van der Waals surface area contributed by atoms with E-state index in [0.717, 1.165) is 12.1 Å². The fourth-order valence-corrected chi connectivity index (χ4v) is 1.34. The molecule has 0 aliphatic carbocycles. The van der Waals surface area contributed by atoms with E-state index in [0.29, 0.717) is 24.0 Å². The summed E-state index contributed by atoms with van der Waals surface area (Å²) in [5.74, 6) is -2.07. The minimum atomic E-state index is -0.849. The molecule has 0 bridgehead atoms. The first-order valence-corrected chi connectivity index (χ1v) is 5.91. The molecule has 0 aliphatic rings. The first-order valence-electron chi connectivity index (χ1n) is 5.50. The lowest BCUT2D eigenvalue weighted by Gasteiger charge is -2.17. The van der Waals surface area contributed by atoms with Gasteiger partial charge in [-0.1, -0.05) is 12.2 Å². The molecule has 1 aromatic rings. The molecule has 0 aliphatic heterocycles. The van der Waals surface area contributed by atoms with E-state index in [4.69, 9.17) is 22.7 Å². The largest absolute Gasteiger partial charge is 0.481 e. The summed E-state index contributed by atoms with van der Waals surface area (Å²) < 4.78 is 30.9. The van der Waals surface area contributed by atoms with Crippen LogP contribution in [0.15, 0.2) is 18.2 Å². The summed E-state index contributed by atoms with van der Waals surface area (Å²) in [5, 5.41) is 0. The summed E-state index contributed by atoms with van der Waals surface area (Å²) in [6.07, 6.45) is 0.405. The number of amides is 1. The molecular formula is C12H14F2N2O2S. The van der Waals surface area contributed by atoms with Gasteiger partial charge in [0.15, 0.2) is 18.2 Å².